The maximum absolute atomic E-state index is 12.4. The smallest absolute Gasteiger partial charge is 0.235 e. The van der Waals surface area contributed by atoms with E-state index in [1.54, 1.807) is 11.3 Å². The molecule has 0 aliphatic carbocycles. The van der Waals surface area contributed by atoms with Gasteiger partial charge in [0.05, 0.1) is 10.1 Å². The molecule has 0 bridgehead atoms. The van der Waals surface area contributed by atoms with E-state index in [4.69, 9.17) is 0 Å². The molecule has 5 nitrogen and oxygen atoms in total. The summed E-state index contributed by atoms with van der Waals surface area (Å²) >= 11 is 3.04. The summed E-state index contributed by atoms with van der Waals surface area (Å²) in [5.41, 5.74) is 0. The van der Waals surface area contributed by atoms with Gasteiger partial charge in [0.15, 0.2) is 5.82 Å². The molecule has 112 valence electrons. The molecule has 1 fully saturated rings. The molecule has 3 heterocycles. The van der Waals surface area contributed by atoms with E-state index in [-0.39, 0.29) is 11.2 Å². The fourth-order valence-electron chi connectivity index (χ4n) is 2.40. The summed E-state index contributed by atoms with van der Waals surface area (Å²) in [5.74, 6) is 0.965. The van der Waals surface area contributed by atoms with Crippen molar-refractivity contribution in [3.8, 4) is 10.7 Å². The third-order valence-electron chi connectivity index (χ3n) is 3.52. The lowest BCUT2D eigenvalue weighted by Crippen LogP contribution is -2.40. The van der Waals surface area contributed by atoms with Crippen LogP contribution in [0.3, 0.4) is 0 Å². The number of piperidine rings is 1. The Morgan fingerprint density at radius 1 is 1.43 bits per heavy atom. The number of amides is 1. The van der Waals surface area contributed by atoms with Gasteiger partial charge in [-0.3, -0.25) is 9.89 Å². The molecular weight excluding hydrogens is 304 g/mol. The van der Waals surface area contributed by atoms with Crippen LogP contribution < -0.4 is 0 Å². The van der Waals surface area contributed by atoms with Crippen LogP contribution in [0.2, 0.25) is 0 Å². The fourth-order valence-corrected chi connectivity index (χ4v) is 3.87. The Bertz CT molecular complexity index is 590. The minimum atomic E-state index is -0.143. The molecule has 3 rings (SSSR count). The summed E-state index contributed by atoms with van der Waals surface area (Å²) in [6, 6.07) is 3.99. The van der Waals surface area contributed by atoms with Crippen LogP contribution in [0.1, 0.15) is 26.2 Å². The zero-order valence-corrected chi connectivity index (χ0v) is 13.5. The van der Waals surface area contributed by atoms with Crippen LogP contribution in [-0.4, -0.2) is 44.3 Å². The number of nitrogens with one attached hydrogen (secondary N) is 1. The number of carbonyl (C=O) groups excluding carboxylic acids is 1. The number of nitrogens with zero attached hydrogens (tertiary/aromatic N) is 3. The zero-order valence-electron chi connectivity index (χ0n) is 11.9. The van der Waals surface area contributed by atoms with E-state index < -0.39 is 0 Å². The number of rotatable bonds is 4. The number of aromatic nitrogens is 3. The third kappa shape index (κ3) is 3.47. The number of likely N-dealkylation sites (tertiary alicyclic amines) is 1. The van der Waals surface area contributed by atoms with Crippen molar-refractivity contribution in [1.29, 1.82) is 0 Å². The van der Waals surface area contributed by atoms with Gasteiger partial charge < -0.3 is 4.90 Å². The summed E-state index contributed by atoms with van der Waals surface area (Å²) in [6.45, 7) is 3.71. The van der Waals surface area contributed by atoms with Crippen molar-refractivity contribution in [2.24, 2.45) is 0 Å². The van der Waals surface area contributed by atoms with Crippen LogP contribution >= 0.6 is 23.1 Å². The molecule has 0 spiro atoms. The maximum Gasteiger partial charge on any atom is 0.235 e. The number of thiophene rings is 1. The van der Waals surface area contributed by atoms with Crippen molar-refractivity contribution < 1.29 is 4.79 Å². The topological polar surface area (TPSA) is 61.9 Å². The molecule has 1 saturated heterocycles. The third-order valence-corrected chi connectivity index (χ3v) is 5.34. The van der Waals surface area contributed by atoms with Crippen molar-refractivity contribution in [3.63, 3.8) is 0 Å². The Morgan fingerprint density at radius 3 is 2.95 bits per heavy atom. The van der Waals surface area contributed by atoms with Gasteiger partial charge in [-0.25, -0.2) is 4.98 Å². The summed E-state index contributed by atoms with van der Waals surface area (Å²) in [6.07, 6.45) is 3.47. The summed E-state index contributed by atoms with van der Waals surface area (Å²) < 4.78 is 0. The molecule has 2 aromatic rings. The molecule has 1 aliphatic heterocycles. The van der Waals surface area contributed by atoms with E-state index in [9.17, 15) is 4.79 Å². The van der Waals surface area contributed by atoms with Crippen molar-refractivity contribution in [2.45, 2.75) is 36.6 Å². The molecule has 0 saturated carbocycles. The largest absolute Gasteiger partial charge is 0.342 e. The van der Waals surface area contributed by atoms with E-state index >= 15 is 0 Å². The van der Waals surface area contributed by atoms with E-state index in [1.807, 2.05) is 29.3 Å². The molecule has 2 aromatic heterocycles. The summed E-state index contributed by atoms with van der Waals surface area (Å²) in [7, 11) is 0. The first-order chi connectivity index (χ1) is 10.2. The Morgan fingerprint density at radius 2 is 2.24 bits per heavy atom. The average Bonchev–Trinajstić information content (AvgIpc) is 3.18. The van der Waals surface area contributed by atoms with E-state index in [0.29, 0.717) is 5.16 Å². The van der Waals surface area contributed by atoms with Gasteiger partial charge in [-0.05, 0) is 37.6 Å². The maximum atomic E-state index is 12.4. The minimum Gasteiger partial charge on any atom is -0.342 e. The average molecular weight is 322 g/mol. The van der Waals surface area contributed by atoms with Crippen LogP contribution in [-0.2, 0) is 4.79 Å². The normalized spacial score (nSPS) is 16.9. The Kier molecular flexibility index (Phi) is 4.60. The highest BCUT2D eigenvalue weighted by Crippen LogP contribution is 2.26. The van der Waals surface area contributed by atoms with Gasteiger partial charge in [0.1, 0.15) is 0 Å². The first-order valence-corrected chi connectivity index (χ1v) is 8.91. The second-order valence-corrected chi connectivity index (χ2v) is 7.35. The molecule has 1 atom stereocenters. The number of H-pyrrole nitrogens is 1. The fraction of sp³-hybridized carbons (Fsp3) is 0.500. The van der Waals surface area contributed by atoms with Gasteiger partial charge in [0, 0.05) is 13.1 Å². The summed E-state index contributed by atoms with van der Waals surface area (Å²) in [4.78, 5) is 19.9. The Labute approximate surface area is 132 Å². The standard InChI is InChI=1S/C14H18N4OS2/c1-10(13(19)18-7-3-2-4-8-18)21-14-15-12(16-17-14)11-6-5-9-20-11/h5-6,9-10H,2-4,7-8H2,1H3,(H,15,16,17)/t10-/m0/s1. The number of hydrogen-bond acceptors (Lipinski definition) is 5. The van der Waals surface area contributed by atoms with Gasteiger partial charge in [-0.15, -0.1) is 16.4 Å². The van der Waals surface area contributed by atoms with E-state index in [0.717, 1.165) is 36.6 Å². The van der Waals surface area contributed by atoms with Gasteiger partial charge in [-0.2, -0.15) is 0 Å². The number of thioether (sulfide) groups is 1. The second kappa shape index (κ2) is 6.62. The SMILES string of the molecule is C[C@H](Sc1n[nH]c(-c2cccs2)n1)C(=O)N1CCCCC1. The molecular formula is C14H18N4OS2. The highest BCUT2D eigenvalue weighted by atomic mass is 32.2. The Hall–Kier alpha value is -1.34. The highest BCUT2D eigenvalue weighted by Gasteiger charge is 2.24. The molecule has 1 aliphatic rings. The number of hydrogen-bond donors (Lipinski definition) is 1. The quantitative estimate of drug-likeness (QED) is 0.879. The second-order valence-electron chi connectivity index (χ2n) is 5.09. The first kappa shape index (κ1) is 14.6. The summed E-state index contributed by atoms with van der Waals surface area (Å²) in [5, 5.41) is 9.64. The minimum absolute atomic E-state index is 0.143. The molecule has 1 amide bonds. The van der Waals surface area contributed by atoms with Crippen LogP contribution in [0.5, 0.6) is 0 Å². The van der Waals surface area contributed by atoms with Crippen LogP contribution in [0, 0.1) is 0 Å². The highest BCUT2D eigenvalue weighted by molar-refractivity contribution is 8.00. The molecule has 21 heavy (non-hydrogen) atoms. The Balaban J connectivity index is 1.62. The number of aromatic amines is 1. The number of carbonyl (C=O) groups is 1. The predicted molar refractivity (Wildman–Crippen MR) is 85.4 cm³/mol. The first-order valence-electron chi connectivity index (χ1n) is 7.16. The molecule has 0 radical (unpaired) electrons. The van der Waals surface area contributed by atoms with Gasteiger partial charge in [0.25, 0.3) is 0 Å². The van der Waals surface area contributed by atoms with E-state index in [2.05, 4.69) is 15.2 Å². The predicted octanol–water partition coefficient (Wildman–Crippen LogP) is 3.03. The van der Waals surface area contributed by atoms with Gasteiger partial charge >= 0.3 is 0 Å². The van der Waals surface area contributed by atoms with E-state index in [1.165, 1.54) is 18.2 Å². The lowest BCUT2D eigenvalue weighted by atomic mass is 10.1. The van der Waals surface area contributed by atoms with Crippen molar-refractivity contribution >= 4 is 29.0 Å². The van der Waals surface area contributed by atoms with Crippen molar-refractivity contribution in [1.82, 2.24) is 20.1 Å². The molecule has 7 heteroatoms. The van der Waals surface area contributed by atoms with Crippen LogP contribution in [0.25, 0.3) is 10.7 Å². The van der Waals surface area contributed by atoms with Crippen LogP contribution in [0.4, 0.5) is 0 Å². The van der Waals surface area contributed by atoms with Gasteiger partial charge in [0.2, 0.25) is 11.1 Å². The monoisotopic (exact) mass is 322 g/mol. The molecule has 0 unspecified atom stereocenters. The van der Waals surface area contributed by atoms with Crippen LogP contribution in [0.15, 0.2) is 22.7 Å². The lowest BCUT2D eigenvalue weighted by Gasteiger charge is -2.28. The molecule has 0 aromatic carbocycles. The van der Waals surface area contributed by atoms with Crippen molar-refractivity contribution in [2.75, 3.05) is 13.1 Å². The molecule has 1 N–H and O–H groups in total. The van der Waals surface area contributed by atoms with Gasteiger partial charge in [-0.1, -0.05) is 17.8 Å². The van der Waals surface area contributed by atoms with Crippen molar-refractivity contribution in [3.05, 3.63) is 17.5 Å². The zero-order chi connectivity index (χ0) is 14.7. The lowest BCUT2D eigenvalue weighted by molar-refractivity contribution is -0.131.